The molecular weight excluding hydrogens is 262 g/mol. The predicted octanol–water partition coefficient (Wildman–Crippen LogP) is 1.41. The van der Waals surface area contributed by atoms with E-state index in [4.69, 9.17) is 9.52 Å². The van der Waals surface area contributed by atoms with Gasteiger partial charge in [-0.25, -0.2) is 4.79 Å². The number of carboxylic acid groups (broad SMARTS) is 1. The van der Waals surface area contributed by atoms with Crippen LogP contribution in [0.2, 0.25) is 0 Å². The van der Waals surface area contributed by atoms with Crippen molar-refractivity contribution in [2.24, 2.45) is 0 Å². The summed E-state index contributed by atoms with van der Waals surface area (Å²) >= 11 is 0. The van der Waals surface area contributed by atoms with Gasteiger partial charge in [-0.15, -0.1) is 0 Å². The number of hydrogen-bond acceptors (Lipinski definition) is 4. The number of benzene rings is 1. The van der Waals surface area contributed by atoms with Crippen LogP contribution in [0.4, 0.5) is 0 Å². The average Bonchev–Trinajstić information content (AvgIpc) is 2.94. The number of rotatable bonds is 5. The summed E-state index contributed by atoms with van der Waals surface area (Å²) in [4.78, 5) is 23.0. The van der Waals surface area contributed by atoms with Gasteiger partial charge < -0.3 is 19.9 Å². The maximum absolute atomic E-state index is 11.8. The van der Waals surface area contributed by atoms with Gasteiger partial charge in [0, 0.05) is 6.42 Å². The number of furan rings is 1. The Labute approximate surface area is 114 Å². The number of amides is 1. The lowest BCUT2D eigenvalue weighted by molar-refractivity contribution is -0.139. The highest BCUT2D eigenvalue weighted by atomic mass is 16.4. The fourth-order valence-electron chi connectivity index (χ4n) is 1.70. The van der Waals surface area contributed by atoms with Crippen LogP contribution in [0.15, 0.2) is 47.3 Å². The van der Waals surface area contributed by atoms with Crippen LogP contribution >= 0.6 is 0 Å². The molecule has 1 amide bonds. The molecular formula is C14H13NO5. The van der Waals surface area contributed by atoms with Crippen LogP contribution in [0.1, 0.15) is 15.9 Å². The maximum Gasteiger partial charge on any atom is 0.326 e. The molecule has 6 nitrogen and oxygen atoms in total. The van der Waals surface area contributed by atoms with Crippen LogP contribution in [0.25, 0.3) is 0 Å². The Kier molecular flexibility index (Phi) is 4.05. The normalized spacial score (nSPS) is 11.8. The van der Waals surface area contributed by atoms with E-state index in [0.717, 1.165) is 0 Å². The van der Waals surface area contributed by atoms with Gasteiger partial charge in [0.2, 0.25) is 0 Å². The van der Waals surface area contributed by atoms with Crippen molar-refractivity contribution in [1.29, 1.82) is 0 Å². The first-order valence-electron chi connectivity index (χ1n) is 5.90. The van der Waals surface area contributed by atoms with Crippen molar-refractivity contribution in [1.82, 2.24) is 5.32 Å². The lowest BCUT2D eigenvalue weighted by Crippen LogP contribution is -2.42. The standard InChI is InChI=1S/C14H13NO5/c16-11-3-1-9(2-4-11)7-12(14(18)19)15-13(17)10-5-6-20-8-10/h1-6,8,12,16H,7H2,(H,15,17)(H,18,19)/t12-/m0/s1. The van der Waals surface area contributed by atoms with Gasteiger partial charge in [0.05, 0.1) is 11.8 Å². The van der Waals surface area contributed by atoms with Gasteiger partial charge >= 0.3 is 5.97 Å². The number of carboxylic acids is 1. The minimum atomic E-state index is -1.13. The second-order valence-electron chi connectivity index (χ2n) is 4.25. The lowest BCUT2D eigenvalue weighted by atomic mass is 10.1. The average molecular weight is 275 g/mol. The third-order valence-electron chi connectivity index (χ3n) is 2.76. The van der Waals surface area contributed by atoms with Crippen LogP contribution in [0.3, 0.4) is 0 Å². The zero-order valence-electron chi connectivity index (χ0n) is 10.4. The summed E-state index contributed by atoms with van der Waals surface area (Å²) in [7, 11) is 0. The number of carbonyl (C=O) groups excluding carboxylic acids is 1. The SMILES string of the molecule is O=C(N[C@@H](Cc1ccc(O)cc1)C(=O)O)c1ccoc1. The van der Waals surface area contributed by atoms with Crippen LogP contribution in [-0.4, -0.2) is 28.1 Å². The van der Waals surface area contributed by atoms with Crippen molar-refractivity contribution in [2.45, 2.75) is 12.5 Å². The third-order valence-corrected chi connectivity index (χ3v) is 2.76. The Hall–Kier alpha value is -2.76. The van der Waals surface area contributed by atoms with Crippen molar-refractivity contribution in [3.8, 4) is 5.75 Å². The molecule has 6 heteroatoms. The molecule has 2 aromatic rings. The van der Waals surface area contributed by atoms with E-state index in [-0.39, 0.29) is 17.7 Å². The summed E-state index contributed by atoms with van der Waals surface area (Å²) in [5.74, 6) is -1.54. The van der Waals surface area contributed by atoms with E-state index in [1.54, 1.807) is 12.1 Å². The Bertz CT molecular complexity index is 589. The second kappa shape index (κ2) is 5.92. The molecule has 3 N–H and O–H groups in total. The first-order chi connectivity index (χ1) is 9.56. The highest BCUT2D eigenvalue weighted by molar-refractivity contribution is 5.96. The number of hydrogen-bond donors (Lipinski definition) is 3. The zero-order chi connectivity index (χ0) is 14.5. The van der Waals surface area contributed by atoms with Crippen molar-refractivity contribution >= 4 is 11.9 Å². The molecule has 0 saturated heterocycles. The Balaban J connectivity index is 2.06. The molecule has 1 atom stereocenters. The first-order valence-corrected chi connectivity index (χ1v) is 5.90. The fraction of sp³-hybridized carbons (Fsp3) is 0.143. The molecule has 0 spiro atoms. The van der Waals surface area contributed by atoms with Crippen molar-refractivity contribution in [2.75, 3.05) is 0 Å². The molecule has 0 aliphatic heterocycles. The fourth-order valence-corrected chi connectivity index (χ4v) is 1.70. The molecule has 0 aliphatic carbocycles. The van der Waals surface area contributed by atoms with E-state index >= 15 is 0 Å². The van der Waals surface area contributed by atoms with E-state index in [9.17, 15) is 14.7 Å². The van der Waals surface area contributed by atoms with E-state index in [0.29, 0.717) is 5.56 Å². The van der Waals surface area contributed by atoms with E-state index in [2.05, 4.69) is 5.32 Å². The predicted molar refractivity (Wildman–Crippen MR) is 69.4 cm³/mol. The zero-order valence-corrected chi connectivity index (χ0v) is 10.4. The first kappa shape index (κ1) is 13.7. The second-order valence-corrected chi connectivity index (χ2v) is 4.25. The van der Waals surface area contributed by atoms with Crippen molar-refractivity contribution in [3.63, 3.8) is 0 Å². The third kappa shape index (κ3) is 3.38. The largest absolute Gasteiger partial charge is 0.508 e. The summed E-state index contributed by atoms with van der Waals surface area (Å²) in [5, 5.41) is 20.7. The van der Waals surface area contributed by atoms with Gasteiger partial charge in [-0.3, -0.25) is 4.79 Å². The topological polar surface area (TPSA) is 99.8 Å². The molecule has 20 heavy (non-hydrogen) atoms. The molecule has 0 bridgehead atoms. The highest BCUT2D eigenvalue weighted by Gasteiger charge is 2.21. The van der Waals surface area contributed by atoms with E-state index in [1.165, 1.54) is 30.7 Å². The molecule has 0 aliphatic rings. The molecule has 0 unspecified atom stereocenters. The molecule has 1 heterocycles. The summed E-state index contributed by atoms with van der Waals surface area (Å²) in [6.45, 7) is 0. The van der Waals surface area contributed by atoms with Gasteiger partial charge in [-0.05, 0) is 23.8 Å². The van der Waals surface area contributed by atoms with E-state index in [1.807, 2.05) is 0 Å². The van der Waals surface area contributed by atoms with Gasteiger partial charge in [0.1, 0.15) is 18.1 Å². The van der Waals surface area contributed by atoms with Crippen LogP contribution < -0.4 is 5.32 Å². The molecule has 1 aromatic carbocycles. The monoisotopic (exact) mass is 275 g/mol. The minimum Gasteiger partial charge on any atom is -0.508 e. The smallest absolute Gasteiger partial charge is 0.326 e. The molecule has 0 radical (unpaired) electrons. The summed E-state index contributed by atoms with van der Waals surface area (Å²) in [6.07, 6.45) is 2.71. The van der Waals surface area contributed by atoms with Crippen LogP contribution in [0, 0.1) is 0 Å². The maximum atomic E-state index is 11.8. The molecule has 0 fully saturated rings. The molecule has 2 rings (SSSR count). The number of phenols is 1. The van der Waals surface area contributed by atoms with Gasteiger partial charge in [-0.1, -0.05) is 12.1 Å². The minimum absolute atomic E-state index is 0.100. The highest BCUT2D eigenvalue weighted by Crippen LogP contribution is 2.12. The quantitative estimate of drug-likeness (QED) is 0.766. The van der Waals surface area contributed by atoms with E-state index < -0.39 is 17.9 Å². The number of aliphatic carboxylic acids is 1. The summed E-state index contributed by atoms with van der Waals surface area (Å²) < 4.78 is 4.77. The molecule has 104 valence electrons. The van der Waals surface area contributed by atoms with Gasteiger partial charge in [0.15, 0.2) is 0 Å². The Morgan fingerprint density at radius 1 is 1.20 bits per heavy atom. The Morgan fingerprint density at radius 2 is 1.90 bits per heavy atom. The number of aromatic hydroxyl groups is 1. The number of phenolic OH excluding ortho intramolecular Hbond substituents is 1. The van der Waals surface area contributed by atoms with Crippen LogP contribution in [-0.2, 0) is 11.2 Å². The molecule has 1 aromatic heterocycles. The van der Waals surface area contributed by atoms with Crippen molar-refractivity contribution in [3.05, 3.63) is 54.0 Å². The number of nitrogens with one attached hydrogen (secondary N) is 1. The van der Waals surface area contributed by atoms with Crippen molar-refractivity contribution < 1.29 is 24.2 Å². The van der Waals surface area contributed by atoms with Gasteiger partial charge in [-0.2, -0.15) is 0 Å². The van der Waals surface area contributed by atoms with Crippen LogP contribution in [0.5, 0.6) is 5.75 Å². The lowest BCUT2D eigenvalue weighted by Gasteiger charge is -2.14. The number of carbonyl (C=O) groups is 2. The summed E-state index contributed by atoms with van der Waals surface area (Å²) in [5.41, 5.74) is 0.963. The Morgan fingerprint density at radius 3 is 2.45 bits per heavy atom. The molecule has 0 saturated carbocycles. The summed E-state index contributed by atoms with van der Waals surface area (Å²) in [6, 6.07) is 6.54. The van der Waals surface area contributed by atoms with Gasteiger partial charge in [0.25, 0.3) is 5.91 Å².